The topological polar surface area (TPSA) is 30.0 Å². The van der Waals surface area contributed by atoms with Gasteiger partial charge in [0.15, 0.2) is 0 Å². The van der Waals surface area contributed by atoms with E-state index in [-0.39, 0.29) is 5.68 Å². The van der Waals surface area contributed by atoms with Crippen molar-refractivity contribution in [3.63, 3.8) is 0 Å². The molecule has 0 bridgehead atoms. The average molecular weight is 407 g/mol. The fourth-order valence-corrected chi connectivity index (χ4v) is 3.97. The lowest BCUT2D eigenvalue weighted by atomic mass is 9.65. The highest BCUT2D eigenvalue weighted by atomic mass is 16.1. The van der Waals surface area contributed by atoms with Gasteiger partial charge in [0.2, 0.25) is 7.28 Å². The number of nitrogens with zero attached hydrogens (tertiary/aromatic N) is 1. The molecule has 0 N–H and O–H groups in total. The van der Waals surface area contributed by atoms with E-state index < -0.39 is 0 Å². The number of rotatable bonds is 8. The molecule has 1 heterocycles. The van der Waals surface area contributed by atoms with Gasteiger partial charge in [-0.25, -0.2) is 0 Å². The number of allylic oxidation sites excluding steroid dienone is 4. The summed E-state index contributed by atoms with van der Waals surface area (Å²) in [7, 11) is 0.468. The predicted molar refractivity (Wildman–Crippen MR) is 135 cm³/mol. The molecule has 0 fully saturated rings. The molecule has 0 radical (unpaired) electrons. The summed E-state index contributed by atoms with van der Waals surface area (Å²) in [6.45, 7) is 16.3. The van der Waals surface area contributed by atoms with Crippen LogP contribution < -0.4 is 0 Å². The minimum atomic E-state index is 0.0968. The van der Waals surface area contributed by atoms with Gasteiger partial charge < -0.3 is 4.79 Å². The molecule has 0 aliphatic carbocycles. The average Bonchev–Trinajstić information content (AvgIpc) is 2.72. The number of fused-ring (bicyclic) bond motifs is 1. The second-order valence-corrected chi connectivity index (χ2v) is 8.52. The monoisotopic (exact) mass is 407 g/mol. The van der Waals surface area contributed by atoms with Crippen molar-refractivity contribution in [2.24, 2.45) is 0 Å². The van der Waals surface area contributed by atoms with Gasteiger partial charge in [0.1, 0.15) is 5.68 Å². The van der Waals surface area contributed by atoms with Gasteiger partial charge in [0.05, 0.1) is 5.52 Å². The first-order valence-corrected chi connectivity index (χ1v) is 10.7. The van der Waals surface area contributed by atoms with Crippen LogP contribution >= 0.6 is 0 Å². The Morgan fingerprint density at radius 1 is 1.00 bits per heavy atom. The fourth-order valence-electron chi connectivity index (χ4n) is 3.97. The zero-order chi connectivity index (χ0) is 22.5. The Balaban J connectivity index is 1.62. The number of hydrogen-bond donors (Lipinski definition) is 0. The van der Waals surface area contributed by atoms with Crippen LogP contribution in [0.5, 0.6) is 0 Å². The number of carbonyl (C=O) groups is 1. The normalized spacial score (nSPS) is 11.4. The van der Waals surface area contributed by atoms with E-state index in [1.807, 2.05) is 25.3 Å². The third-order valence-corrected chi connectivity index (χ3v) is 5.68. The molecule has 0 amide bonds. The van der Waals surface area contributed by atoms with E-state index in [0.29, 0.717) is 12.9 Å². The van der Waals surface area contributed by atoms with Crippen LogP contribution in [0.2, 0.25) is 0 Å². The molecule has 0 spiro atoms. The summed E-state index contributed by atoms with van der Waals surface area (Å²) in [5, 5.41) is 1.18. The van der Waals surface area contributed by atoms with Gasteiger partial charge in [-0.3, -0.25) is 4.98 Å². The van der Waals surface area contributed by atoms with Crippen LogP contribution in [0.3, 0.4) is 0 Å². The van der Waals surface area contributed by atoms with E-state index in [9.17, 15) is 4.79 Å². The number of pyridine rings is 1. The molecule has 3 rings (SSSR count). The molecule has 0 unspecified atom stereocenters. The van der Waals surface area contributed by atoms with Gasteiger partial charge in [-0.2, -0.15) is 0 Å². The maximum atomic E-state index is 12.6. The zero-order valence-corrected chi connectivity index (χ0v) is 19.1. The minimum absolute atomic E-state index is 0.0968. The lowest BCUT2D eigenvalue weighted by Crippen LogP contribution is -2.13. The summed E-state index contributed by atoms with van der Waals surface area (Å²) in [5.74, 6) is 0. The van der Waals surface area contributed by atoms with Gasteiger partial charge in [0, 0.05) is 11.6 Å². The summed E-state index contributed by atoms with van der Waals surface area (Å²) >= 11 is 0. The van der Waals surface area contributed by atoms with E-state index in [4.69, 9.17) is 0 Å². The van der Waals surface area contributed by atoms with Crippen molar-refractivity contribution in [3.05, 3.63) is 107 Å². The number of benzene rings is 2. The molecule has 156 valence electrons. The number of aromatic nitrogens is 1. The van der Waals surface area contributed by atoms with Crippen molar-refractivity contribution in [2.75, 3.05) is 0 Å². The molecular weight excluding hydrogens is 377 g/mol. The van der Waals surface area contributed by atoms with Crippen LogP contribution in [0.4, 0.5) is 0 Å². The van der Waals surface area contributed by atoms with E-state index in [2.05, 4.69) is 75.3 Å². The van der Waals surface area contributed by atoms with E-state index in [0.717, 1.165) is 29.4 Å². The fraction of sp³-hybridized carbons (Fsp3) is 0.214. The van der Waals surface area contributed by atoms with Crippen LogP contribution in [0.15, 0.2) is 79.0 Å². The van der Waals surface area contributed by atoms with Crippen LogP contribution in [-0.4, -0.2) is 17.9 Å². The third-order valence-electron chi connectivity index (χ3n) is 5.68. The highest BCUT2D eigenvalue weighted by Gasteiger charge is 2.10. The lowest BCUT2D eigenvalue weighted by molar-refractivity contribution is -0.108. The van der Waals surface area contributed by atoms with Gasteiger partial charge in [0.25, 0.3) is 0 Å². The molecule has 1 aromatic heterocycles. The maximum absolute atomic E-state index is 12.6. The van der Waals surface area contributed by atoms with Crippen molar-refractivity contribution >= 4 is 29.4 Å². The summed E-state index contributed by atoms with van der Waals surface area (Å²) in [4.78, 5) is 17.0. The number of aryl methyl sites for hydroxylation is 2. The first-order chi connectivity index (χ1) is 14.7. The van der Waals surface area contributed by atoms with E-state index in [1.165, 1.54) is 33.2 Å². The smallest absolute Gasteiger partial charge is 0.216 e. The quantitative estimate of drug-likeness (QED) is 0.257. The van der Waals surface area contributed by atoms with Crippen LogP contribution in [0.25, 0.3) is 16.5 Å². The van der Waals surface area contributed by atoms with Crippen molar-refractivity contribution in [2.45, 2.75) is 40.4 Å². The van der Waals surface area contributed by atoms with Crippen molar-refractivity contribution in [3.8, 4) is 0 Å². The van der Waals surface area contributed by atoms with Crippen LogP contribution in [-0.2, 0) is 17.5 Å². The summed E-state index contributed by atoms with van der Waals surface area (Å²) in [5.41, 5.74) is 9.86. The Labute approximate surface area is 186 Å². The van der Waals surface area contributed by atoms with E-state index in [1.54, 1.807) is 0 Å². The summed E-state index contributed by atoms with van der Waals surface area (Å²) < 4.78 is 0. The van der Waals surface area contributed by atoms with Crippen LogP contribution in [0, 0.1) is 13.8 Å². The van der Waals surface area contributed by atoms with E-state index >= 15 is 0 Å². The SMILES string of the molecule is C=C(/C=C(\C)Cc1ccc2nccc(C)c2c1)C(=O)BCc1ccc(C(=C)C)c(C)c1. The molecular formula is C28H30BNO. The first-order valence-electron chi connectivity index (χ1n) is 10.7. The zero-order valence-electron chi connectivity index (χ0n) is 19.1. The van der Waals surface area contributed by atoms with Crippen molar-refractivity contribution < 1.29 is 4.79 Å². The molecule has 2 aromatic carbocycles. The Morgan fingerprint density at radius 2 is 1.74 bits per heavy atom. The van der Waals surface area contributed by atoms with Crippen molar-refractivity contribution in [1.82, 2.24) is 4.98 Å². The largest absolute Gasteiger partial charge is 0.306 e. The van der Waals surface area contributed by atoms with Gasteiger partial charge in [-0.15, -0.1) is 0 Å². The lowest BCUT2D eigenvalue weighted by Gasteiger charge is -2.08. The second-order valence-electron chi connectivity index (χ2n) is 8.52. The molecule has 2 nitrogen and oxygen atoms in total. The molecule has 0 atom stereocenters. The predicted octanol–water partition coefficient (Wildman–Crippen LogP) is 6.09. The second kappa shape index (κ2) is 9.74. The maximum Gasteiger partial charge on any atom is 0.216 e. The summed E-state index contributed by atoms with van der Waals surface area (Å²) in [6, 6.07) is 14.7. The molecule has 31 heavy (non-hydrogen) atoms. The highest BCUT2D eigenvalue weighted by molar-refractivity contribution is 6.77. The standard InChI is InChI=1S/C28H30BNO/c1-18(2)25-9-7-24(15-21(25)5)17-29-28(31)22(6)13-19(3)14-23-8-10-27-26(16-23)20(4)11-12-30-27/h7-13,15-16,29H,1,6,14,17H2,2-5H3/b19-13+. The third kappa shape index (κ3) is 5.70. The highest BCUT2D eigenvalue weighted by Crippen LogP contribution is 2.20. The molecule has 3 aromatic rings. The Kier molecular flexibility index (Phi) is 7.07. The van der Waals surface area contributed by atoms with Crippen molar-refractivity contribution in [1.29, 1.82) is 0 Å². The number of hydrogen-bond acceptors (Lipinski definition) is 2. The Morgan fingerprint density at radius 3 is 2.45 bits per heavy atom. The Bertz CT molecular complexity index is 1200. The molecule has 0 aliphatic rings. The van der Waals surface area contributed by atoms with Gasteiger partial charge >= 0.3 is 0 Å². The molecule has 3 heteroatoms. The molecule has 0 saturated heterocycles. The Hall–Kier alpha value is -3.20. The van der Waals surface area contributed by atoms with Gasteiger partial charge in [-0.05, 0) is 86.5 Å². The number of carbonyl (C=O) groups excluding carboxylic acids is 1. The van der Waals surface area contributed by atoms with Crippen LogP contribution in [0.1, 0.15) is 41.7 Å². The van der Waals surface area contributed by atoms with Gasteiger partial charge in [-0.1, -0.05) is 60.2 Å². The molecule has 0 saturated carbocycles. The summed E-state index contributed by atoms with van der Waals surface area (Å²) in [6.07, 6.45) is 5.28. The first kappa shape index (κ1) is 22.5. The molecule has 0 aliphatic heterocycles. The minimum Gasteiger partial charge on any atom is -0.306 e.